The van der Waals surface area contributed by atoms with Gasteiger partial charge in [-0.2, -0.15) is 0 Å². The van der Waals surface area contributed by atoms with Gasteiger partial charge in [-0.25, -0.2) is 5.09 Å². The predicted octanol–water partition coefficient (Wildman–Crippen LogP) is 5.06. The molecule has 7 heteroatoms. The molecular weight excluding hydrogens is 377 g/mol. The molecule has 0 aliphatic heterocycles. The van der Waals surface area contributed by atoms with Crippen LogP contribution in [0.3, 0.4) is 0 Å². The van der Waals surface area contributed by atoms with Gasteiger partial charge >= 0.3 is 5.97 Å². The molecule has 2 atom stereocenters. The molecule has 0 aromatic rings. The average Bonchev–Trinajstić information content (AvgIpc) is 2.68. The smallest absolute Gasteiger partial charge is 0.323 e. The third kappa shape index (κ3) is 16.0. The highest BCUT2D eigenvalue weighted by atomic mass is 31.1. The summed E-state index contributed by atoms with van der Waals surface area (Å²) >= 11 is 0. The molecule has 0 saturated carbocycles. The number of rotatable bonds is 20. The fourth-order valence-corrected chi connectivity index (χ4v) is 3.99. The van der Waals surface area contributed by atoms with Crippen molar-refractivity contribution in [1.82, 2.24) is 5.09 Å². The standard InChI is InChI=1S/C21H40NO5P/c1-2-3-4-5-6-7-8-9-10-11-12-13-14-15-16-17-20(24)28(27)22-19(18-23)21(25)26/h9-10,19,23,28H,2-8,11-18H2,1H3,(H,22,27)(H,25,26)/b10-9-. The molecule has 0 saturated heterocycles. The van der Waals surface area contributed by atoms with Crippen LogP contribution < -0.4 is 5.09 Å². The summed E-state index contributed by atoms with van der Waals surface area (Å²) in [6, 6.07) is -1.34. The van der Waals surface area contributed by atoms with Crippen molar-refractivity contribution in [2.24, 2.45) is 0 Å². The largest absolute Gasteiger partial charge is 0.480 e. The SMILES string of the molecule is CCCCCCCC/C=C\CCCCCCCC(=O)[PH](=O)NC(CO)C(=O)O. The normalized spacial score (nSPS) is 13.6. The highest BCUT2D eigenvalue weighted by Gasteiger charge is 2.21. The number of allylic oxidation sites excluding steroid dienone is 2. The number of carboxylic acid groups (broad SMARTS) is 1. The van der Waals surface area contributed by atoms with E-state index in [0.717, 1.165) is 32.1 Å². The van der Waals surface area contributed by atoms with Crippen molar-refractivity contribution < 1.29 is 24.4 Å². The van der Waals surface area contributed by atoms with Crippen LogP contribution in [0.25, 0.3) is 0 Å². The molecule has 0 radical (unpaired) electrons. The van der Waals surface area contributed by atoms with Gasteiger partial charge in [-0.15, -0.1) is 0 Å². The molecule has 6 nitrogen and oxygen atoms in total. The zero-order valence-electron chi connectivity index (χ0n) is 17.5. The van der Waals surface area contributed by atoms with Crippen molar-refractivity contribution in [3.63, 3.8) is 0 Å². The van der Waals surface area contributed by atoms with Crippen molar-refractivity contribution in [1.29, 1.82) is 0 Å². The quantitative estimate of drug-likeness (QED) is 0.145. The van der Waals surface area contributed by atoms with Crippen LogP contribution >= 0.6 is 7.95 Å². The molecule has 0 bridgehead atoms. The number of carbonyl (C=O) groups excluding carboxylic acids is 1. The van der Waals surface area contributed by atoms with Gasteiger partial charge in [0.05, 0.1) is 6.61 Å². The van der Waals surface area contributed by atoms with E-state index < -0.39 is 32.1 Å². The van der Waals surface area contributed by atoms with Gasteiger partial charge < -0.3 is 14.8 Å². The first-order valence-corrected chi connectivity index (χ1v) is 12.3. The first kappa shape index (κ1) is 27.0. The Balaban J connectivity index is 3.51. The van der Waals surface area contributed by atoms with Crippen molar-refractivity contribution >= 4 is 19.4 Å². The Labute approximate surface area is 171 Å². The fraction of sp³-hybridized carbons (Fsp3) is 0.810. The molecule has 2 unspecified atom stereocenters. The van der Waals surface area contributed by atoms with E-state index >= 15 is 0 Å². The molecular formula is C21H40NO5P. The van der Waals surface area contributed by atoms with E-state index in [4.69, 9.17) is 10.2 Å². The summed E-state index contributed by atoms with van der Waals surface area (Å²) in [6.07, 6.45) is 19.9. The molecule has 0 aromatic heterocycles. The van der Waals surface area contributed by atoms with Gasteiger partial charge in [-0.05, 0) is 32.1 Å². The number of aliphatic hydroxyl groups is 1. The maximum absolute atomic E-state index is 11.7. The zero-order chi connectivity index (χ0) is 21.0. The first-order chi connectivity index (χ1) is 13.5. The molecule has 28 heavy (non-hydrogen) atoms. The summed E-state index contributed by atoms with van der Waals surface area (Å²) in [7, 11) is -2.83. The van der Waals surface area contributed by atoms with Gasteiger partial charge in [0.25, 0.3) is 0 Å². The van der Waals surface area contributed by atoms with Crippen LogP contribution in [-0.2, 0) is 14.2 Å². The number of nitrogens with one attached hydrogen (secondary N) is 1. The highest BCUT2D eigenvalue weighted by Crippen LogP contribution is 2.21. The third-order valence-electron chi connectivity index (χ3n) is 4.70. The summed E-state index contributed by atoms with van der Waals surface area (Å²) in [4.78, 5) is 22.5. The molecule has 0 fully saturated rings. The van der Waals surface area contributed by atoms with Crippen molar-refractivity contribution in [3.8, 4) is 0 Å². The molecule has 3 N–H and O–H groups in total. The van der Waals surface area contributed by atoms with Crippen molar-refractivity contribution in [2.75, 3.05) is 6.61 Å². The summed E-state index contributed by atoms with van der Waals surface area (Å²) < 4.78 is 11.7. The number of unbranched alkanes of at least 4 members (excludes halogenated alkanes) is 11. The second kappa shape index (κ2) is 19.4. The lowest BCUT2D eigenvalue weighted by molar-refractivity contribution is -0.139. The van der Waals surface area contributed by atoms with Gasteiger partial charge in [0.2, 0.25) is 5.52 Å². The average molecular weight is 418 g/mol. The minimum absolute atomic E-state index is 0.195. The lowest BCUT2D eigenvalue weighted by atomic mass is 10.1. The Hall–Kier alpha value is -0.970. The number of aliphatic hydroxyl groups excluding tert-OH is 1. The van der Waals surface area contributed by atoms with E-state index in [1.54, 1.807) is 0 Å². The van der Waals surface area contributed by atoms with Crippen LogP contribution in [0.5, 0.6) is 0 Å². The van der Waals surface area contributed by atoms with Crippen molar-refractivity contribution in [3.05, 3.63) is 12.2 Å². The summed E-state index contributed by atoms with van der Waals surface area (Å²) in [5.41, 5.74) is -0.442. The van der Waals surface area contributed by atoms with E-state index in [9.17, 15) is 14.2 Å². The second-order valence-electron chi connectivity index (χ2n) is 7.30. The highest BCUT2D eigenvalue weighted by molar-refractivity contribution is 7.61. The molecule has 0 rings (SSSR count). The summed E-state index contributed by atoms with van der Waals surface area (Å²) in [5, 5.41) is 19.8. The van der Waals surface area contributed by atoms with Gasteiger partial charge in [0.1, 0.15) is 6.04 Å². The van der Waals surface area contributed by atoms with Crippen LogP contribution in [0.1, 0.15) is 96.8 Å². The summed E-state index contributed by atoms with van der Waals surface area (Å²) in [6.45, 7) is 1.55. The molecule has 0 amide bonds. The van der Waals surface area contributed by atoms with E-state index in [1.165, 1.54) is 44.9 Å². The van der Waals surface area contributed by atoms with E-state index in [0.29, 0.717) is 6.42 Å². The zero-order valence-corrected chi connectivity index (χ0v) is 18.5. The Morgan fingerprint density at radius 2 is 1.39 bits per heavy atom. The van der Waals surface area contributed by atoms with Crippen molar-refractivity contribution in [2.45, 2.75) is 103 Å². The predicted molar refractivity (Wildman–Crippen MR) is 115 cm³/mol. The number of hydrogen-bond acceptors (Lipinski definition) is 4. The van der Waals surface area contributed by atoms with Gasteiger partial charge in [0.15, 0.2) is 7.95 Å². The van der Waals surface area contributed by atoms with E-state index in [1.807, 2.05) is 0 Å². The van der Waals surface area contributed by atoms with E-state index in [-0.39, 0.29) is 6.42 Å². The maximum Gasteiger partial charge on any atom is 0.323 e. The van der Waals surface area contributed by atoms with Crippen LogP contribution in [-0.4, -0.2) is 34.4 Å². The molecule has 164 valence electrons. The topological polar surface area (TPSA) is 104 Å². The molecule has 0 heterocycles. The Bertz CT molecular complexity index is 468. The van der Waals surface area contributed by atoms with Crippen LogP contribution in [0.2, 0.25) is 0 Å². The van der Waals surface area contributed by atoms with Crippen LogP contribution in [0.15, 0.2) is 12.2 Å². The lowest BCUT2D eigenvalue weighted by Gasteiger charge is -2.10. The monoisotopic (exact) mass is 417 g/mol. The lowest BCUT2D eigenvalue weighted by Crippen LogP contribution is -2.36. The second-order valence-corrected chi connectivity index (χ2v) is 8.81. The first-order valence-electron chi connectivity index (χ1n) is 10.8. The number of carbonyl (C=O) groups is 2. The summed E-state index contributed by atoms with van der Waals surface area (Å²) in [5.74, 6) is -1.31. The third-order valence-corrected chi connectivity index (χ3v) is 6.07. The van der Waals surface area contributed by atoms with Crippen LogP contribution in [0, 0.1) is 0 Å². The Morgan fingerprint density at radius 3 is 1.89 bits per heavy atom. The minimum Gasteiger partial charge on any atom is -0.480 e. The van der Waals surface area contributed by atoms with Gasteiger partial charge in [-0.3, -0.25) is 9.59 Å². The number of aliphatic carboxylic acids is 1. The number of carboxylic acids is 1. The molecule has 0 aliphatic rings. The Kier molecular flexibility index (Phi) is 18.7. The molecule has 0 aliphatic carbocycles. The van der Waals surface area contributed by atoms with Crippen LogP contribution in [0.4, 0.5) is 0 Å². The Morgan fingerprint density at radius 1 is 0.893 bits per heavy atom. The fourth-order valence-electron chi connectivity index (χ4n) is 2.89. The number of hydrogen-bond donors (Lipinski definition) is 3. The molecule has 0 aromatic carbocycles. The van der Waals surface area contributed by atoms with E-state index in [2.05, 4.69) is 24.2 Å². The van der Waals surface area contributed by atoms with Gasteiger partial charge in [-0.1, -0.05) is 70.4 Å². The molecule has 0 spiro atoms. The maximum atomic E-state index is 11.7. The minimum atomic E-state index is -2.83. The van der Waals surface area contributed by atoms with Gasteiger partial charge in [0, 0.05) is 6.42 Å².